The number of benzene rings is 1. The molecule has 0 aliphatic rings. The molecule has 0 aromatic heterocycles. The van der Waals surface area contributed by atoms with Crippen molar-refractivity contribution in [3.8, 4) is 12.1 Å². The summed E-state index contributed by atoms with van der Waals surface area (Å²) in [6.45, 7) is 0. The predicted molar refractivity (Wildman–Crippen MR) is 39.7 cm³/mol. The molecule has 2 nitrogen and oxygen atoms in total. The lowest BCUT2D eigenvalue weighted by molar-refractivity contribution is 1.44. The van der Waals surface area contributed by atoms with Gasteiger partial charge in [-0.3, -0.25) is 0 Å². The van der Waals surface area contributed by atoms with Crippen LogP contribution in [0.3, 0.4) is 0 Å². The highest BCUT2D eigenvalue weighted by atomic mass is 35.5. The first-order valence-corrected chi connectivity index (χ1v) is 3.17. The third-order valence-corrected chi connectivity index (χ3v) is 1.29. The average Bonchev–Trinajstić information content (AvgIpc) is 2.03. The van der Waals surface area contributed by atoms with E-state index in [1.807, 2.05) is 12.1 Å². The van der Waals surface area contributed by atoms with Crippen LogP contribution in [-0.4, -0.2) is 0 Å². The number of nitriles is 2. The van der Waals surface area contributed by atoms with Gasteiger partial charge in [0, 0.05) is 6.07 Å². The van der Waals surface area contributed by atoms with Crippen molar-refractivity contribution in [3.05, 3.63) is 34.3 Å². The molecule has 0 N–H and O–H groups in total. The molecule has 1 rings (SSSR count). The number of nitrogens with zero attached hydrogens (tertiary/aromatic N) is 2. The second-order valence-corrected chi connectivity index (χ2v) is 2.26. The monoisotopic (exact) mass is 161 g/mol. The van der Waals surface area contributed by atoms with Crippen LogP contribution in [0.5, 0.6) is 0 Å². The van der Waals surface area contributed by atoms with E-state index < -0.39 is 0 Å². The van der Waals surface area contributed by atoms with Gasteiger partial charge in [-0.1, -0.05) is 11.6 Å². The molecular formula is C8H2ClN2. The molecule has 0 heterocycles. The quantitative estimate of drug-likeness (QED) is 0.583. The van der Waals surface area contributed by atoms with Gasteiger partial charge in [-0.25, -0.2) is 0 Å². The van der Waals surface area contributed by atoms with Crippen LogP contribution in [-0.2, 0) is 0 Å². The van der Waals surface area contributed by atoms with Gasteiger partial charge >= 0.3 is 0 Å². The van der Waals surface area contributed by atoms with Crippen LogP contribution in [0.2, 0.25) is 5.02 Å². The van der Waals surface area contributed by atoms with Crippen molar-refractivity contribution in [3.63, 3.8) is 0 Å². The fourth-order valence-corrected chi connectivity index (χ4v) is 0.879. The van der Waals surface area contributed by atoms with Crippen LogP contribution in [0, 0.1) is 28.7 Å². The molecule has 0 amide bonds. The fourth-order valence-electron chi connectivity index (χ4n) is 0.659. The Balaban J connectivity index is 3.28. The summed E-state index contributed by atoms with van der Waals surface area (Å²) in [6.07, 6.45) is 0. The van der Waals surface area contributed by atoms with Crippen LogP contribution in [0.4, 0.5) is 0 Å². The highest BCUT2D eigenvalue weighted by Gasteiger charge is 1.97. The summed E-state index contributed by atoms with van der Waals surface area (Å²) >= 11 is 5.55. The standard InChI is InChI=1S/C8H2ClN2/c9-8-2-6(4-10)1-7(3-8)5-11/h1-2H. The zero-order valence-corrected chi connectivity index (χ0v) is 6.18. The Labute approximate surface area is 69.2 Å². The molecule has 0 aliphatic carbocycles. The van der Waals surface area contributed by atoms with Crippen molar-refractivity contribution in [2.45, 2.75) is 0 Å². The molecule has 0 aliphatic heterocycles. The number of halogens is 1. The fraction of sp³-hybridized carbons (Fsp3) is 0. The van der Waals surface area contributed by atoms with Gasteiger partial charge in [0.15, 0.2) is 0 Å². The summed E-state index contributed by atoms with van der Waals surface area (Å²) in [5, 5.41) is 17.2. The summed E-state index contributed by atoms with van der Waals surface area (Å²) in [5.41, 5.74) is 0.666. The molecule has 0 unspecified atom stereocenters. The number of rotatable bonds is 0. The van der Waals surface area contributed by atoms with Crippen molar-refractivity contribution in [2.75, 3.05) is 0 Å². The van der Waals surface area contributed by atoms with Crippen LogP contribution in [0.15, 0.2) is 12.1 Å². The van der Waals surface area contributed by atoms with E-state index in [0.717, 1.165) is 0 Å². The first kappa shape index (κ1) is 7.60. The topological polar surface area (TPSA) is 47.6 Å². The Bertz CT molecular complexity index is 325. The summed E-state index contributed by atoms with van der Waals surface area (Å²) in [6, 6.07) is 9.22. The van der Waals surface area contributed by atoms with Crippen molar-refractivity contribution in [2.24, 2.45) is 0 Å². The minimum Gasteiger partial charge on any atom is -0.192 e. The molecule has 0 spiro atoms. The summed E-state index contributed by atoms with van der Waals surface area (Å²) in [4.78, 5) is 0. The first-order valence-electron chi connectivity index (χ1n) is 2.79. The largest absolute Gasteiger partial charge is 0.192 e. The van der Waals surface area contributed by atoms with E-state index >= 15 is 0 Å². The van der Waals surface area contributed by atoms with Crippen molar-refractivity contribution in [1.29, 1.82) is 10.5 Å². The van der Waals surface area contributed by atoms with E-state index in [1.165, 1.54) is 12.1 Å². The van der Waals surface area contributed by atoms with Gasteiger partial charge in [-0.05, 0) is 12.1 Å². The molecule has 0 saturated heterocycles. The smallest absolute Gasteiger partial charge is 0.0999 e. The molecule has 0 saturated carbocycles. The van der Waals surface area contributed by atoms with Crippen LogP contribution in [0.25, 0.3) is 0 Å². The third kappa shape index (κ3) is 1.70. The minimum absolute atomic E-state index is 0.286. The molecule has 1 aromatic carbocycles. The maximum atomic E-state index is 8.45. The maximum Gasteiger partial charge on any atom is 0.0999 e. The molecule has 51 valence electrons. The van der Waals surface area contributed by atoms with Crippen molar-refractivity contribution < 1.29 is 0 Å². The van der Waals surface area contributed by atoms with Gasteiger partial charge < -0.3 is 0 Å². The molecule has 1 aromatic rings. The molecule has 0 bridgehead atoms. The Morgan fingerprint density at radius 2 is 2.00 bits per heavy atom. The normalized spacial score (nSPS) is 8.27. The SMILES string of the molecule is N#Cc1[c]c(Cl)cc(C#N)c1. The summed E-state index contributed by atoms with van der Waals surface area (Å²) in [7, 11) is 0. The Morgan fingerprint density at radius 1 is 1.27 bits per heavy atom. The van der Waals surface area contributed by atoms with Gasteiger partial charge in [0.2, 0.25) is 0 Å². The molecule has 1 radical (unpaired) electrons. The molecule has 3 heteroatoms. The first-order chi connectivity index (χ1) is 5.26. The zero-order chi connectivity index (χ0) is 8.27. The Hall–Kier alpha value is -1.51. The Morgan fingerprint density at radius 3 is 2.55 bits per heavy atom. The van der Waals surface area contributed by atoms with Crippen molar-refractivity contribution in [1.82, 2.24) is 0 Å². The lowest BCUT2D eigenvalue weighted by Gasteiger charge is -1.90. The number of hydrogen-bond donors (Lipinski definition) is 0. The minimum atomic E-state index is 0.286. The molecule has 11 heavy (non-hydrogen) atoms. The van der Waals surface area contributed by atoms with E-state index in [0.29, 0.717) is 10.6 Å². The van der Waals surface area contributed by atoms with Gasteiger partial charge in [0.25, 0.3) is 0 Å². The van der Waals surface area contributed by atoms with E-state index in [4.69, 9.17) is 22.1 Å². The third-order valence-electron chi connectivity index (χ3n) is 1.09. The zero-order valence-electron chi connectivity index (χ0n) is 5.43. The molecule has 0 atom stereocenters. The molecule has 0 fully saturated rings. The second kappa shape index (κ2) is 3.05. The maximum absolute atomic E-state index is 8.45. The van der Waals surface area contributed by atoms with E-state index in [1.54, 1.807) is 0 Å². The van der Waals surface area contributed by atoms with Gasteiger partial charge in [0.05, 0.1) is 28.3 Å². The van der Waals surface area contributed by atoms with E-state index in [-0.39, 0.29) is 5.56 Å². The second-order valence-electron chi connectivity index (χ2n) is 1.85. The van der Waals surface area contributed by atoms with Crippen molar-refractivity contribution >= 4 is 11.6 Å². The highest BCUT2D eigenvalue weighted by molar-refractivity contribution is 6.30. The highest BCUT2D eigenvalue weighted by Crippen LogP contribution is 2.12. The van der Waals surface area contributed by atoms with E-state index in [2.05, 4.69) is 6.07 Å². The average molecular weight is 162 g/mol. The van der Waals surface area contributed by atoms with Gasteiger partial charge in [-0.15, -0.1) is 0 Å². The molecular weight excluding hydrogens is 160 g/mol. The Kier molecular flexibility index (Phi) is 2.11. The van der Waals surface area contributed by atoms with Crippen LogP contribution >= 0.6 is 11.6 Å². The predicted octanol–water partition coefficient (Wildman–Crippen LogP) is 1.88. The lowest BCUT2D eigenvalue weighted by Crippen LogP contribution is -1.79. The van der Waals surface area contributed by atoms with Gasteiger partial charge in [-0.2, -0.15) is 10.5 Å². The van der Waals surface area contributed by atoms with Gasteiger partial charge in [0.1, 0.15) is 0 Å². The van der Waals surface area contributed by atoms with E-state index in [9.17, 15) is 0 Å². The van der Waals surface area contributed by atoms with Crippen LogP contribution in [0.1, 0.15) is 11.1 Å². The summed E-state index contributed by atoms with van der Waals surface area (Å²) < 4.78 is 0. The number of hydrogen-bond acceptors (Lipinski definition) is 2. The van der Waals surface area contributed by atoms with Crippen LogP contribution < -0.4 is 0 Å². The lowest BCUT2D eigenvalue weighted by atomic mass is 10.1. The summed E-state index contributed by atoms with van der Waals surface area (Å²) in [5.74, 6) is 0.